The van der Waals surface area contributed by atoms with E-state index in [-0.39, 0.29) is 11.8 Å². The highest BCUT2D eigenvalue weighted by atomic mass is 16.5. The summed E-state index contributed by atoms with van der Waals surface area (Å²) in [6.07, 6.45) is 4.60. The maximum Gasteiger partial charge on any atom is 0.227 e. The van der Waals surface area contributed by atoms with Gasteiger partial charge in [0.15, 0.2) is 11.5 Å². The first kappa shape index (κ1) is 14.7. The molecular weight excluding hydrogens is 254 g/mol. The van der Waals surface area contributed by atoms with E-state index in [0.717, 1.165) is 12.1 Å². The smallest absolute Gasteiger partial charge is 0.227 e. The summed E-state index contributed by atoms with van der Waals surface area (Å²) in [5.74, 6) is 2.18. The molecule has 20 heavy (non-hydrogen) atoms. The molecule has 4 nitrogen and oxygen atoms in total. The number of benzene rings is 1. The summed E-state index contributed by atoms with van der Waals surface area (Å²) in [7, 11) is 3.18. The van der Waals surface area contributed by atoms with Gasteiger partial charge in [-0.2, -0.15) is 0 Å². The summed E-state index contributed by atoms with van der Waals surface area (Å²) >= 11 is 0. The summed E-state index contributed by atoms with van der Waals surface area (Å²) in [4.78, 5) is 12.1. The van der Waals surface area contributed by atoms with Crippen molar-refractivity contribution in [3.05, 3.63) is 18.2 Å². The summed E-state index contributed by atoms with van der Waals surface area (Å²) in [6.45, 7) is 2.18. The zero-order valence-electron chi connectivity index (χ0n) is 12.4. The summed E-state index contributed by atoms with van der Waals surface area (Å²) in [5, 5.41) is 2.96. The Morgan fingerprint density at radius 3 is 2.70 bits per heavy atom. The van der Waals surface area contributed by atoms with E-state index in [0.29, 0.717) is 17.4 Å². The number of hydrogen-bond acceptors (Lipinski definition) is 3. The Bertz CT molecular complexity index is 473. The third-order valence-corrected chi connectivity index (χ3v) is 3.84. The molecule has 1 amide bonds. The molecule has 0 aromatic heterocycles. The molecular formula is C16H23NO3. The van der Waals surface area contributed by atoms with Crippen LogP contribution in [0.25, 0.3) is 0 Å². The molecule has 1 fully saturated rings. The van der Waals surface area contributed by atoms with Gasteiger partial charge in [-0.05, 0) is 30.9 Å². The van der Waals surface area contributed by atoms with E-state index in [2.05, 4.69) is 12.2 Å². The van der Waals surface area contributed by atoms with Gasteiger partial charge in [-0.1, -0.05) is 19.8 Å². The van der Waals surface area contributed by atoms with E-state index in [1.807, 2.05) is 6.07 Å². The molecule has 1 aromatic rings. The fraction of sp³-hybridized carbons (Fsp3) is 0.562. The van der Waals surface area contributed by atoms with Crippen molar-refractivity contribution in [2.75, 3.05) is 19.5 Å². The Balaban J connectivity index is 1.92. The van der Waals surface area contributed by atoms with E-state index in [1.165, 1.54) is 19.3 Å². The third kappa shape index (κ3) is 3.44. The zero-order valence-corrected chi connectivity index (χ0v) is 12.4. The van der Waals surface area contributed by atoms with Crippen molar-refractivity contribution in [1.82, 2.24) is 0 Å². The predicted molar refractivity (Wildman–Crippen MR) is 79.3 cm³/mol. The molecule has 1 saturated carbocycles. The van der Waals surface area contributed by atoms with E-state index in [4.69, 9.17) is 9.47 Å². The minimum Gasteiger partial charge on any atom is -0.493 e. The van der Waals surface area contributed by atoms with Crippen LogP contribution in [0.3, 0.4) is 0 Å². The Morgan fingerprint density at radius 2 is 2.05 bits per heavy atom. The number of ether oxygens (including phenoxy) is 2. The third-order valence-electron chi connectivity index (χ3n) is 3.84. The SMILES string of the molecule is CCCC[C@@H]1C[C@H]1C(=O)Nc1ccc(OC)c(OC)c1. The van der Waals surface area contributed by atoms with Crippen molar-refractivity contribution in [3.63, 3.8) is 0 Å². The van der Waals surface area contributed by atoms with Gasteiger partial charge in [0.25, 0.3) is 0 Å². The monoisotopic (exact) mass is 277 g/mol. The number of unbranched alkanes of at least 4 members (excludes halogenated alkanes) is 1. The lowest BCUT2D eigenvalue weighted by Gasteiger charge is -2.10. The molecule has 2 atom stereocenters. The summed E-state index contributed by atoms with van der Waals surface area (Å²) < 4.78 is 10.4. The maximum atomic E-state index is 12.1. The van der Waals surface area contributed by atoms with Crippen LogP contribution in [0.5, 0.6) is 11.5 Å². The molecule has 1 N–H and O–H groups in total. The molecule has 0 heterocycles. The number of nitrogens with one attached hydrogen (secondary N) is 1. The second-order valence-corrected chi connectivity index (χ2v) is 5.30. The highest BCUT2D eigenvalue weighted by Gasteiger charge is 2.42. The van der Waals surface area contributed by atoms with Crippen LogP contribution in [0.4, 0.5) is 5.69 Å². The largest absolute Gasteiger partial charge is 0.493 e. The molecule has 2 rings (SSSR count). The topological polar surface area (TPSA) is 47.6 Å². The second-order valence-electron chi connectivity index (χ2n) is 5.30. The molecule has 1 aromatic carbocycles. The Kier molecular flexibility index (Phi) is 4.88. The molecule has 4 heteroatoms. The van der Waals surface area contributed by atoms with E-state index in [1.54, 1.807) is 26.4 Å². The van der Waals surface area contributed by atoms with Crippen molar-refractivity contribution >= 4 is 11.6 Å². The van der Waals surface area contributed by atoms with Crippen LogP contribution in [-0.2, 0) is 4.79 Å². The molecule has 0 aliphatic heterocycles. The minimum atomic E-state index is 0.123. The van der Waals surface area contributed by atoms with E-state index in [9.17, 15) is 4.79 Å². The lowest BCUT2D eigenvalue weighted by atomic mass is 10.1. The molecule has 1 aliphatic rings. The minimum absolute atomic E-state index is 0.123. The van der Waals surface area contributed by atoms with Crippen LogP contribution in [-0.4, -0.2) is 20.1 Å². The number of anilines is 1. The van der Waals surface area contributed by atoms with Crippen LogP contribution < -0.4 is 14.8 Å². The van der Waals surface area contributed by atoms with Crippen LogP contribution in [0, 0.1) is 11.8 Å². The average Bonchev–Trinajstić information content (AvgIpc) is 3.24. The first-order chi connectivity index (χ1) is 9.69. The van der Waals surface area contributed by atoms with E-state index >= 15 is 0 Å². The number of methoxy groups -OCH3 is 2. The van der Waals surface area contributed by atoms with E-state index < -0.39 is 0 Å². The fourth-order valence-electron chi connectivity index (χ4n) is 2.50. The summed E-state index contributed by atoms with van der Waals surface area (Å²) in [5.41, 5.74) is 0.758. The lowest BCUT2D eigenvalue weighted by Crippen LogP contribution is -2.14. The van der Waals surface area contributed by atoms with Gasteiger partial charge in [-0.15, -0.1) is 0 Å². The Labute approximate surface area is 120 Å². The van der Waals surface area contributed by atoms with Crippen LogP contribution >= 0.6 is 0 Å². The maximum absolute atomic E-state index is 12.1. The van der Waals surface area contributed by atoms with Gasteiger partial charge in [0.05, 0.1) is 14.2 Å². The number of hydrogen-bond donors (Lipinski definition) is 1. The van der Waals surface area contributed by atoms with Crippen molar-refractivity contribution in [1.29, 1.82) is 0 Å². The second kappa shape index (κ2) is 6.64. The molecule has 0 spiro atoms. The van der Waals surface area contributed by atoms with Gasteiger partial charge in [-0.25, -0.2) is 0 Å². The first-order valence-corrected chi connectivity index (χ1v) is 7.22. The fourth-order valence-corrected chi connectivity index (χ4v) is 2.50. The highest BCUT2D eigenvalue weighted by molar-refractivity contribution is 5.94. The van der Waals surface area contributed by atoms with Gasteiger partial charge < -0.3 is 14.8 Å². The predicted octanol–water partition coefficient (Wildman–Crippen LogP) is 3.47. The first-order valence-electron chi connectivity index (χ1n) is 7.22. The molecule has 110 valence electrons. The molecule has 0 bridgehead atoms. The van der Waals surface area contributed by atoms with Gasteiger partial charge in [-0.3, -0.25) is 4.79 Å². The highest BCUT2D eigenvalue weighted by Crippen LogP contribution is 2.43. The van der Waals surface area contributed by atoms with Crippen molar-refractivity contribution in [2.24, 2.45) is 11.8 Å². The van der Waals surface area contributed by atoms with Crippen LogP contribution in [0.2, 0.25) is 0 Å². The zero-order chi connectivity index (χ0) is 14.5. The van der Waals surface area contributed by atoms with Crippen LogP contribution in [0.1, 0.15) is 32.6 Å². The van der Waals surface area contributed by atoms with Crippen molar-refractivity contribution < 1.29 is 14.3 Å². The van der Waals surface area contributed by atoms with Crippen LogP contribution in [0.15, 0.2) is 18.2 Å². The Morgan fingerprint density at radius 1 is 1.30 bits per heavy atom. The number of carbonyl (C=O) groups is 1. The standard InChI is InChI=1S/C16H23NO3/c1-4-5-6-11-9-13(11)16(18)17-12-7-8-14(19-2)15(10-12)20-3/h7-8,10-11,13H,4-6,9H2,1-3H3,(H,17,18)/t11-,13-/m1/s1. The molecule has 0 radical (unpaired) electrons. The molecule has 1 aliphatic carbocycles. The van der Waals surface area contributed by atoms with Crippen molar-refractivity contribution in [3.8, 4) is 11.5 Å². The van der Waals surface area contributed by atoms with Gasteiger partial charge >= 0.3 is 0 Å². The number of amides is 1. The van der Waals surface area contributed by atoms with Crippen molar-refractivity contribution in [2.45, 2.75) is 32.6 Å². The normalized spacial score (nSPS) is 20.4. The number of rotatable bonds is 7. The van der Waals surface area contributed by atoms with Gasteiger partial charge in [0, 0.05) is 17.7 Å². The Hall–Kier alpha value is -1.71. The number of carbonyl (C=O) groups excluding carboxylic acids is 1. The molecule has 0 unspecified atom stereocenters. The average molecular weight is 277 g/mol. The van der Waals surface area contributed by atoms with Gasteiger partial charge in [0.1, 0.15) is 0 Å². The quantitative estimate of drug-likeness (QED) is 0.830. The van der Waals surface area contributed by atoms with Gasteiger partial charge in [0.2, 0.25) is 5.91 Å². The summed E-state index contributed by atoms with van der Waals surface area (Å²) in [6, 6.07) is 5.43. The lowest BCUT2D eigenvalue weighted by molar-refractivity contribution is -0.117. The molecule has 0 saturated heterocycles.